The molecule has 52 heavy (non-hydrogen) atoms. The van der Waals surface area contributed by atoms with Crippen LogP contribution in [-0.2, 0) is 0 Å². The van der Waals surface area contributed by atoms with Gasteiger partial charge in [0.25, 0.3) is 0 Å². The first kappa shape index (κ1) is 43.8. The van der Waals surface area contributed by atoms with Gasteiger partial charge in [-0.25, -0.2) is 0 Å². The van der Waals surface area contributed by atoms with Crippen LogP contribution in [0.1, 0.15) is 128 Å². The third-order valence-electron chi connectivity index (χ3n) is 9.86. The molecule has 0 saturated heterocycles. The number of rotatable bonds is 32. The van der Waals surface area contributed by atoms with Gasteiger partial charge in [-0.1, -0.05) is 153 Å². The van der Waals surface area contributed by atoms with Gasteiger partial charge in [0, 0.05) is 37.5 Å². The van der Waals surface area contributed by atoms with Crippen LogP contribution in [0.15, 0.2) is 36.4 Å². The summed E-state index contributed by atoms with van der Waals surface area (Å²) in [6.07, 6.45) is 23.9. The van der Waals surface area contributed by atoms with Crippen molar-refractivity contribution in [3.63, 3.8) is 0 Å². The predicted octanol–water partition coefficient (Wildman–Crippen LogP) is 15.5. The molecule has 0 aromatic heterocycles. The number of halogens is 4. The van der Waals surface area contributed by atoms with Gasteiger partial charge < -0.3 is 18.9 Å². The Labute approximate surface area is 348 Å². The van der Waals surface area contributed by atoms with Crippen molar-refractivity contribution in [1.82, 2.24) is 0 Å². The highest BCUT2D eigenvalue weighted by molar-refractivity contribution is 9.09. The van der Waals surface area contributed by atoms with Crippen molar-refractivity contribution in [2.75, 3.05) is 47.7 Å². The van der Waals surface area contributed by atoms with Crippen LogP contribution in [0.25, 0.3) is 32.3 Å². The first-order chi connectivity index (χ1) is 25.7. The lowest BCUT2D eigenvalue weighted by atomic mass is 9.92. The Morgan fingerprint density at radius 1 is 0.327 bits per heavy atom. The van der Waals surface area contributed by atoms with E-state index in [4.69, 9.17) is 18.9 Å². The lowest BCUT2D eigenvalue weighted by Crippen LogP contribution is -2.05. The first-order valence-electron chi connectivity index (χ1n) is 20.3. The summed E-state index contributed by atoms with van der Waals surface area (Å²) < 4.78 is 26.6. The number of unbranched alkanes of at least 4 members (excludes halogenated alkanes) is 16. The highest BCUT2D eigenvalue weighted by atomic mass is 79.9. The number of alkyl halides is 4. The first-order valence-corrected chi connectivity index (χ1v) is 24.8. The predicted molar refractivity (Wildman–Crippen MR) is 240 cm³/mol. The minimum Gasteiger partial charge on any atom is -0.493 e. The minimum absolute atomic E-state index is 0.690. The normalized spacial score (nSPS) is 11.7. The zero-order valence-corrected chi connectivity index (χ0v) is 37.8. The minimum atomic E-state index is 0.690. The molecule has 0 bridgehead atoms. The van der Waals surface area contributed by atoms with Gasteiger partial charge >= 0.3 is 0 Å². The number of hydrogen-bond acceptors (Lipinski definition) is 4. The van der Waals surface area contributed by atoms with Gasteiger partial charge in [-0.2, -0.15) is 0 Å². The van der Waals surface area contributed by atoms with E-state index in [0.717, 1.165) is 86.2 Å². The molecule has 0 spiro atoms. The van der Waals surface area contributed by atoms with Crippen LogP contribution in [0, 0.1) is 0 Å². The average molecular weight is 975 g/mol. The summed E-state index contributed by atoms with van der Waals surface area (Å²) in [5.41, 5.74) is 0. The smallest absolute Gasteiger partial charge is 0.169 e. The van der Waals surface area contributed by atoms with Gasteiger partial charge in [-0.15, -0.1) is 0 Å². The van der Waals surface area contributed by atoms with Crippen LogP contribution in [0.2, 0.25) is 0 Å². The third kappa shape index (κ3) is 14.3. The molecule has 4 aromatic rings. The van der Waals surface area contributed by atoms with Gasteiger partial charge in [0.1, 0.15) is 11.5 Å². The van der Waals surface area contributed by atoms with Crippen LogP contribution in [-0.4, -0.2) is 47.7 Å². The average Bonchev–Trinajstić information content (AvgIpc) is 3.16. The maximum atomic E-state index is 6.70. The second-order valence-electron chi connectivity index (χ2n) is 14.0. The van der Waals surface area contributed by atoms with Gasteiger partial charge in [0.15, 0.2) is 11.5 Å². The van der Waals surface area contributed by atoms with Crippen molar-refractivity contribution >= 4 is 96.0 Å². The Kier molecular flexibility index (Phi) is 22.5. The fraction of sp³-hybridized carbons (Fsp3) is 0.636. The molecule has 4 nitrogen and oxygen atoms in total. The largest absolute Gasteiger partial charge is 0.493 e. The van der Waals surface area contributed by atoms with Crippen molar-refractivity contribution in [2.24, 2.45) is 0 Å². The summed E-state index contributed by atoms with van der Waals surface area (Å²) in [4.78, 5) is 0. The van der Waals surface area contributed by atoms with Crippen LogP contribution in [0.3, 0.4) is 0 Å². The molecule has 0 saturated carbocycles. The van der Waals surface area contributed by atoms with Crippen molar-refractivity contribution in [3.8, 4) is 23.0 Å². The van der Waals surface area contributed by atoms with Crippen molar-refractivity contribution in [3.05, 3.63) is 36.4 Å². The lowest BCUT2D eigenvalue weighted by molar-refractivity contribution is 0.261. The van der Waals surface area contributed by atoms with Crippen LogP contribution in [0.4, 0.5) is 0 Å². The van der Waals surface area contributed by atoms with Gasteiger partial charge in [-0.3, -0.25) is 0 Å². The Hall–Kier alpha value is -0.960. The molecule has 0 N–H and O–H groups in total. The summed E-state index contributed by atoms with van der Waals surface area (Å²) in [5, 5.41) is 11.3. The molecule has 0 aliphatic rings. The summed E-state index contributed by atoms with van der Waals surface area (Å²) in [5.74, 6) is 3.55. The van der Waals surface area contributed by atoms with E-state index < -0.39 is 0 Å². The van der Waals surface area contributed by atoms with Crippen molar-refractivity contribution < 1.29 is 18.9 Å². The van der Waals surface area contributed by atoms with E-state index in [1.54, 1.807) is 0 Å². The van der Waals surface area contributed by atoms with E-state index in [1.807, 2.05) is 0 Å². The highest BCUT2D eigenvalue weighted by Crippen LogP contribution is 2.49. The van der Waals surface area contributed by atoms with Gasteiger partial charge in [0.2, 0.25) is 0 Å². The molecule has 0 unspecified atom stereocenters. The van der Waals surface area contributed by atoms with E-state index in [9.17, 15) is 0 Å². The zero-order valence-electron chi connectivity index (χ0n) is 31.4. The Balaban J connectivity index is 1.65. The summed E-state index contributed by atoms with van der Waals surface area (Å²) in [6, 6.07) is 13.3. The number of hydrogen-bond donors (Lipinski definition) is 0. The van der Waals surface area contributed by atoms with E-state index in [1.165, 1.54) is 119 Å². The topological polar surface area (TPSA) is 36.9 Å². The molecule has 290 valence electrons. The molecule has 0 radical (unpaired) electrons. The molecule has 0 aliphatic heterocycles. The zero-order chi connectivity index (χ0) is 36.6. The molecule has 0 aliphatic carbocycles. The molecule has 0 amide bonds. The second kappa shape index (κ2) is 26.8. The summed E-state index contributed by atoms with van der Waals surface area (Å²) in [7, 11) is 0. The SMILES string of the molecule is BrCCCCCCCOc1cc2cc(OCCCCCCCBr)c3c(OCCCCCCCBr)ccc4ccc(c1OCCCCCCCBr)c2c43. The van der Waals surface area contributed by atoms with E-state index >= 15 is 0 Å². The van der Waals surface area contributed by atoms with Gasteiger partial charge in [-0.05, 0) is 86.4 Å². The van der Waals surface area contributed by atoms with Crippen LogP contribution >= 0.6 is 63.7 Å². The monoisotopic (exact) mass is 970 g/mol. The Morgan fingerprint density at radius 2 is 0.731 bits per heavy atom. The van der Waals surface area contributed by atoms with E-state index in [2.05, 4.69) is 100 Å². The quantitative estimate of drug-likeness (QED) is 0.0278. The van der Waals surface area contributed by atoms with E-state index in [0.29, 0.717) is 26.4 Å². The molecule has 4 rings (SSSR count). The maximum Gasteiger partial charge on any atom is 0.169 e. The highest BCUT2D eigenvalue weighted by Gasteiger charge is 2.22. The summed E-state index contributed by atoms with van der Waals surface area (Å²) >= 11 is 14.2. The second-order valence-corrected chi connectivity index (χ2v) is 17.2. The Bertz CT molecular complexity index is 1530. The lowest BCUT2D eigenvalue weighted by Gasteiger charge is -2.22. The van der Waals surface area contributed by atoms with E-state index in [-0.39, 0.29) is 0 Å². The fourth-order valence-electron chi connectivity index (χ4n) is 6.99. The number of ether oxygens (including phenoxy) is 4. The van der Waals surface area contributed by atoms with Crippen molar-refractivity contribution in [1.29, 1.82) is 0 Å². The van der Waals surface area contributed by atoms with Crippen LogP contribution < -0.4 is 18.9 Å². The third-order valence-corrected chi connectivity index (χ3v) is 12.1. The van der Waals surface area contributed by atoms with Gasteiger partial charge in [0.05, 0.1) is 31.8 Å². The molecule has 4 aromatic carbocycles. The molecule has 0 fully saturated rings. The molecular formula is C44H62Br4O4. The maximum absolute atomic E-state index is 6.70. The Morgan fingerprint density at radius 3 is 1.25 bits per heavy atom. The molecular weight excluding hydrogens is 912 g/mol. The fourth-order valence-corrected chi connectivity index (χ4v) is 8.58. The standard InChI is InChI=1S/C44H62Br4O4/c45-25-13-5-1-9-17-29-49-38-24-22-35-21-23-37-41-36(33-39(43(38)42(35)41)50-30-18-10-2-6-14-26-46)34-40(51-31-19-11-3-7-15-27-47)44(37)52-32-20-12-4-8-16-28-48/h21-24,33-34H,1-20,25-32H2. The molecule has 0 heterocycles. The van der Waals surface area contributed by atoms with Crippen LogP contribution in [0.5, 0.6) is 23.0 Å². The molecule has 8 heteroatoms. The van der Waals surface area contributed by atoms with Crippen molar-refractivity contribution in [2.45, 2.75) is 128 Å². The number of benzene rings is 4. The molecule has 0 atom stereocenters. The summed E-state index contributed by atoms with van der Waals surface area (Å²) in [6.45, 7) is 2.79.